The van der Waals surface area contributed by atoms with Gasteiger partial charge in [0.25, 0.3) is 11.5 Å². The first-order chi connectivity index (χ1) is 16.5. The fourth-order valence-electron chi connectivity index (χ4n) is 5.30. The molecule has 0 saturated carbocycles. The second-order valence-electron chi connectivity index (χ2n) is 8.42. The Balaban J connectivity index is 1.65. The van der Waals surface area contributed by atoms with Crippen molar-refractivity contribution in [2.75, 3.05) is 13.7 Å². The van der Waals surface area contributed by atoms with Crippen LogP contribution in [-0.2, 0) is 16.1 Å². The molecule has 0 aliphatic carbocycles. The van der Waals surface area contributed by atoms with E-state index in [1.807, 2.05) is 0 Å². The second-order valence-corrected chi connectivity index (χ2v) is 8.42. The molecule has 2 aromatic heterocycles. The maximum Gasteiger partial charge on any atom is 0.329 e. The molecule has 0 unspecified atom stereocenters. The molecule has 1 N–H and O–H groups in total. The summed E-state index contributed by atoms with van der Waals surface area (Å²) in [6, 6.07) is 12.4. The van der Waals surface area contributed by atoms with Gasteiger partial charge in [0, 0.05) is 42.4 Å². The summed E-state index contributed by atoms with van der Waals surface area (Å²) >= 11 is 0. The van der Waals surface area contributed by atoms with E-state index in [4.69, 9.17) is 4.74 Å². The molecule has 4 atom stereocenters. The highest BCUT2D eigenvalue weighted by Crippen LogP contribution is 2.50. The van der Waals surface area contributed by atoms with Crippen molar-refractivity contribution < 1.29 is 23.8 Å². The number of halogens is 1. The van der Waals surface area contributed by atoms with E-state index in [-0.39, 0.29) is 30.0 Å². The van der Waals surface area contributed by atoms with Crippen molar-refractivity contribution in [2.45, 2.75) is 18.6 Å². The number of aliphatic hydroxyl groups excluding tert-OH is 1. The van der Waals surface area contributed by atoms with Crippen LogP contribution in [0, 0.1) is 17.7 Å². The predicted octanol–water partition coefficient (Wildman–Crippen LogP) is 2.03. The summed E-state index contributed by atoms with van der Waals surface area (Å²) in [5, 5.41) is 10.2. The molecule has 1 fully saturated rings. The lowest BCUT2D eigenvalue weighted by molar-refractivity contribution is -0.147. The minimum Gasteiger partial charge on any atom is -0.467 e. The summed E-state index contributed by atoms with van der Waals surface area (Å²) in [6.45, 7) is -0.207. The number of carbonyl (C=O) groups excluding carboxylic acids is 2. The third kappa shape index (κ3) is 3.23. The number of carbonyl (C=O) groups is 2. The molecule has 1 aromatic carbocycles. The van der Waals surface area contributed by atoms with Gasteiger partial charge in [-0.3, -0.25) is 14.6 Å². The summed E-state index contributed by atoms with van der Waals surface area (Å²) in [7, 11) is 1.23. The summed E-state index contributed by atoms with van der Waals surface area (Å²) < 4.78 is 20.9. The molecule has 4 heterocycles. The maximum atomic E-state index is 14.4. The van der Waals surface area contributed by atoms with Crippen LogP contribution in [0.1, 0.15) is 22.2 Å². The second kappa shape index (κ2) is 8.49. The van der Waals surface area contributed by atoms with Gasteiger partial charge in [0.1, 0.15) is 17.6 Å². The fraction of sp³-hybridized carbons (Fsp3) is 0.280. The van der Waals surface area contributed by atoms with Crippen molar-refractivity contribution in [3.8, 4) is 11.1 Å². The molecule has 0 radical (unpaired) electrons. The van der Waals surface area contributed by atoms with Gasteiger partial charge in [0.15, 0.2) is 0 Å². The van der Waals surface area contributed by atoms with E-state index in [0.29, 0.717) is 5.69 Å². The average Bonchev–Trinajstić information content (AvgIpc) is 3.39. The molecule has 34 heavy (non-hydrogen) atoms. The lowest BCUT2D eigenvalue weighted by atomic mass is 9.88. The van der Waals surface area contributed by atoms with Crippen molar-refractivity contribution in [1.29, 1.82) is 0 Å². The van der Waals surface area contributed by atoms with Crippen LogP contribution in [0.15, 0.2) is 65.6 Å². The van der Waals surface area contributed by atoms with Crippen molar-refractivity contribution in [1.82, 2.24) is 14.5 Å². The first-order valence-corrected chi connectivity index (χ1v) is 10.9. The Hall–Kier alpha value is -3.85. The first-order valence-electron chi connectivity index (χ1n) is 10.9. The predicted molar refractivity (Wildman–Crippen MR) is 119 cm³/mol. The van der Waals surface area contributed by atoms with Gasteiger partial charge in [-0.25, -0.2) is 9.18 Å². The SMILES string of the molecule is COC(=O)[C@H]1[C@H](CO)[C@H]2Cn3c(ccc(-c4ccccc4F)c3=O)[C@H]2N1C(=O)c1ccccn1. The molecule has 174 valence electrons. The number of methoxy groups -OCH3 is 1. The highest BCUT2D eigenvalue weighted by atomic mass is 19.1. The summed E-state index contributed by atoms with van der Waals surface area (Å²) in [5.74, 6) is -2.72. The number of esters is 1. The van der Waals surface area contributed by atoms with Crippen LogP contribution in [0.2, 0.25) is 0 Å². The topological polar surface area (TPSA) is 102 Å². The average molecular weight is 463 g/mol. The van der Waals surface area contributed by atoms with Crippen LogP contribution < -0.4 is 5.56 Å². The van der Waals surface area contributed by atoms with E-state index in [1.165, 1.54) is 41.0 Å². The van der Waals surface area contributed by atoms with Crippen molar-refractivity contribution >= 4 is 11.9 Å². The maximum absolute atomic E-state index is 14.4. The van der Waals surface area contributed by atoms with Gasteiger partial charge in [-0.2, -0.15) is 0 Å². The van der Waals surface area contributed by atoms with E-state index >= 15 is 0 Å². The lowest BCUT2D eigenvalue weighted by Gasteiger charge is -2.29. The van der Waals surface area contributed by atoms with E-state index in [1.54, 1.807) is 36.4 Å². The Morgan fingerprint density at radius 3 is 2.56 bits per heavy atom. The molecule has 0 spiro atoms. The Bertz CT molecular complexity index is 1330. The molecule has 1 saturated heterocycles. The molecular formula is C25H22FN3O5. The number of amides is 1. The van der Waals surface area contributed by atoms with E-state index in [0.717, 1.165) is 0 Å². The zero-order valence-electron chi connectivity index (χ0n) is 18.3. The molecular weight excluding hydrogens is 441 g/mol. The number of hydrogen-bond acceptors (Lipinski definition) is 6. The molecule has 8 nitrogen and oxygen atoms in total. The van der Waals surface area contributed by atoms with Gasteiger partial charge in [-0.1, -0.05) is 24.3 Å². The van der Waals surface area contributed by atoms with Crippen LogP contribution >= 0.6 is 0 Å². The quantitative estimate of drug-likeness (QED) is 0.594. The number of aromatic nitrogens is 2. The van der Waals surface area contributed by atoms with Crippen LogP contribution in [0.25, 0.3) is 11.1 Å². The van der Waals surface area contributed by atoms with Gasteiger partial charge in [0.05, 0.1) is 18.7 Å². The van der Waals surface area contributed by atoms with Gasteiger partial charge in [-0.15, -0.1) is 0 Å². The number of fused-ring (bicyclic) bond motifs is 3. The number of rotatable bonds is 4. The number of ether oxygens (including phenoxy) is 1. The smallest absolute Gasteiger partial charge is 0.329 e. The van der Waals surface area contributed by atoms with E-state index in [9.17, 15) is 23.9 Å². The Morgan fingerprint density at radius 2 is 1.88 bits per heavy atom. The number of benzene rings is 1. The van der Waals surface area contributed by atoms with Crippen LogP contribution in [-0.4, -0.2) is 51.2 Å². The third-order valence-electron chi connectivity index (χ3n) is 6.80. The lowest BCUT2D eigenvalue weighted by Crippen LogP contribution is -2.46. The zero-order valence-corrected chi connectivity index (χ0v) is 18.3. The molecule has 0 bridgehead atoms. The van der Waals surface area contributed by atoms with Gasteiger partial charge < -0.3 is 19.3 Å². The monoisotopic (exact) mass is 463 g/mol. The molecule has 1 amide bonds. The molecule has 2 aliphatic rings. The highest BCUT2D eigenvalue weighted by molar-refractivity contribution is 5.96. The number of likely N-dealkylation sites (tertiary alicyclic amines) is 1. The summed E-state index contributed by atoms with van der Waals surface area (Å²) in [6.07, 6.45) is 1.48. The van der Waals surface area contributed by atoms with Crippen molar-refractivity contribution in [2.24, 2.45) is 11.8 Å². The van der Waals surface area contributed by atoms with Crippen molar-refractivity contribution in [3.05, 3.63) is 88.4 Å². The van der Waals surface area contributed by atoms with Crippen molar-refractivity contribution in [3.63, 3.8) is 0 Å². The third-order valence-corrected chi connectivity index (χ3v) is 6.80. The largest absolute Gasteiger partial charge is 0.467 e. The minimum absolute atomic E-state index is 0.137. The van der Waals surface area contributed by atoms with Gasteiger partial charge >= 0.3 is 5.97 Å². The standard InChI is InChI=1S/C25H22FN3O5/c1-34-25(33)22-17(13-30)16-12-28-20(21(16)29(22)24(32)19-8-4-5-11-27-19)10-9-15(23(28)31)14-6-2-3-7-18(14)26/h2-11,16-17,21-22,30H,12-13H2,1H3/t16-,17-,21+,22-/m1/s1. The zero-order chi connectivity index (χ0) is 24.0. The van der Waals surface area contributed by atoms with E-state index in [2.05, 4.69) is 4.98 Å². The van der Waals surface area contributed by atoms with Gasteiger partial charge in [-0.05, 0) is 30.3 Å². The van der Waals surface area contributed by atoms with Crippen LogP contribution in [0.3, 0.4) is 0 Å². The number of nitrogens with zero attached hydrogens (tertiary/aromatic N) is 3. The van der Waals surface area contributed by atoms with Crippen LogP contribution in [0.4, 0.5) is 4.39 Å². The normalized spacial score (nSPS) is 22.9. The molecule has 3 aromatic rings. The van der Waals surface area contributed by atoms with Gasteiger partial charge in [0.2, 0.25) is 0 Å². The molecule has 5 rings (SSSR count). The molecule has 9 heteroatoms. The minimum atomic E-state index is -1.03. The Morgan fingerprint density at radius 1 is 1.12 bits per heavy atom. The fourth-order valence-corrected chi connectivity index (χ4v) is 5.30. The number of aliphatic hydroxyl groups is 1. The van der Waals surface area contributed by atoms with E-state index < -0.39 is 47.2 Å². The Labute approximate surface area is 194 Å². The Kier molecular flexibility index (Phi) is 5.49. The molecule has 2 aliphatic heterocycles. The highest BCUT2D eigenvalue weighted by Gasteiger charge is 2.58. The number of hydrogen-bond donors (Lipinski definition) is 1. The van der Waals surface area contributed by atoms with Crippen LogP contribution in [0.5, 0.6) is 0 Å². The number of pyridine rings is 2. The summed E-state index contributed by atoms with van der Waals surface area (Å²) in [4.78, 5) is 45.2. The summed E-state index contributed by atoms with van der Waals surface area (Å²) in [5.41, 5.74) is 0.650. The first kappa shape index (κ1) is 22.0.